The predicted octanol–water partition coefficient (Wildman–Crippen LogP) is 3.56. The van der Waals surface area contributed by atoms with E-state index >= 15 is 0 Å². The van der Waals surface area contributed by atoms with Gasteiger partial charge in [-0.15, -0.1) is 10.2 Å². The number of carbonyl (C=O) groups excluding carboxylic acids is 2. The van der Waals surface area contributed by atoms with Crippen LogP contribution in [0.2, 0.25) is 0 Å². The molecular formula is C19H17N3O4S. The highest BCUT2D eigenvalue weighted by Gasteiger charge is 2.15. The lowest BCUT2D eigenvalue weighted by Crippen LogP contribution is -2.17. The fraction of sp³-hybridized carbons (Fsp3) is 0.158. The molecule has 0 radical (unpaired) electrons. The molecule has 1 N–H and O–H groups in total. The molecule has 2 aromatic carbocycles. The molecule has 27 heavy (non-hydrogen) atoms. The van der Waals surface area contributed by atoms with Gasteiger partial charge >= 0.3 is 5.97 Å². The monoisotopic (exact) mass is 383 g/mol. The standard InChI is InChI=1S/C19H17N3O4S/c1-12-6-5-7-13(10-12)17-21-22-19(26-17)27-11-16(23)20-15-9-4-3-8-14(15)18(24)25-2/h3-10H,11H2,1-2H3,(H,20,23). The van der Waals surface area contributed by atoms with Crippen molar-refractivity contribution in [2.24, 2.45) is 0 Å². The lowest BCUT2D eigenvalue weighted by Gasteiger charge is -2.08. The fourth-order valence-electron chi connectivity index (χ4n) is 2.36. The number of amides is 1. The maximum Gasteiger partial charge on any atom is 0.339 e. The van der Waals surface area contributed by atoms with E-state index in [2.05, 4.69) is 15.5 Å². The summed E-state index contributed by atoms with van der Waals surface area (Å²) in [5.74, 6) is -0.354. The molecule has 1 amide bonds. The third-order valence-electron chi connectivity index (χ3n) is 3.60. The van der Waals surface area contributed by atoms with Crippen molar-refractivity contribution in [2.75, 3.05) is 18.2 Å². The van der Waals surface area contributed by atoms with E-state index in [1.807, 2.05) is 31.2 Å². The van der Waals surface area contributed by atoms with Gasteiger partial charge in [-0.05, 0) is 31.2 Å². The van der Waals surface area contributed by atoms with Crippen LogP contribution in [0.4, 0.5) is 5.69 Å². The number of ether oxygens (including phenoxy) is 1. The second-order valence-electron chi connectivity index (χ2n) is 5.62. The first kappa shape index (κ1) is 18.7. The number of hydrogen-bond donors (Lipinski definition) is 1. The number of anilines is 1. The van der Waals surface area contributed by atoms with Gasteiger partial charge in [0.15, 0.2) is 0 Å². The van der Waals surface area contributed by atoms with Gasteiger partial charge in [0.25, 0.3) is 5.22 Å². The zero-order chi connectivity index (χ0) is 19.2. The molecule has 138 valence electrons. The third kappa shape index (κ3) is 4.73. The van der Waals surface area contributed by atoms with Gasteiger partial charge < -0.3 is 14.5 Å². The van der Waals surface area contributed by atoms with E-state index in [1.165, 1.54) is 7.11 Å². The van der Waals surface area contributed by atoms with E-state index in [4.69, 9.17) is 9.15 Å². The first-order valence-corrected chi connectivity index (χ1v) is 9.06. The molecule has 8 heteroatoms. The Morgan fingerprint density at radius 1 is 1.15 bits per heavy atom. The molecule has 0 saturated heterocycles. The number of rotatable bonds is 6. The van der Waals surface area contributed by atoms with Crippen molar-refractivity contribution < 1.29 is 18.7 Å². The van der Waals surface area contributed by atoms with Crippen molar-refractivity contribution in [3.05, 3.63) is 59.7 Å². The molecule has 1 aromatic heterocycles. The fourth-order valence-corrected chi connectivity index (χ4v) is 2.92. The van der Waals surface area contributed by atoms with Crippen molar-refractivity contribution in [3.8, 4) is 11.5 Å². The topological polar surface area (TPSA) is 94.3 Å². The van der Waals surface area contributed by atoms with Gasteiger partial charge in [-0.25, -0.2) is 4.79 Å². The molecule has 7 nitrogen and oxygen atoms in total. The summed E-state index contributed by atoms with van der Waals surface area (Å²) in [4.78, 5) is 23.9. The number of aromatic nitrogens is 2. The quantitative estimate of drug-likeness (QED) is 0.514. The second-order valence-corrected chi connectivity index (χ2v) is 6.54. The number of methoxy groups -OCH3 is 1. The average Bonchev–Trinajstić information content (AvgIpc) is 3.15. The molecule has 0 aliphatic rings. The second kappa shape index (κ2) is 8.50. The molecule has 0 atom stereocenters. The highest BCUT2D eigenvalue weighted by atomic mass is 32.2. The average molecular weight is 383 g/mol. The van der Waals surface area contributed by atoms with E-state index in [0.717, 1.165) is 22.9 Å². The maximum absolute atomic E-state index is 12.2. The molecule has 1 heterocycles. The van der Waals surface area contributed by atoms with E-state index in [-0.39, 0.29) is 17.2 Å². The number of aryl methyl sites for hydroxylation is 1. The van der Waals surface area contributed by atoms with Gasteiger partial charge in [0.1, 0.15) is 0 Å². The normalized spacial score (nSPS) is 10.4. The SMILES string of the molecule is COC(=O)c1ccccc1NC(=O)CSc1nnc(-c2cccc(C)c2)o1. The number of thioether (sulfide) groups is 1. The number of esters is 1. The summed E-state index contributed by atoms with van der Waals surface area (Å²) in [6, 6.07) is 14.4. The van der Waals surface area contributed by atoms with Gasteiger partial charge in [-0.2, -0.15) is 0 Å². The van der Waals surface area contributed by atoms with Crippen molar-refractivity contribution in [1.29, 1.82) is 0 Å². The van der Waals surface area contributed by atoms with Gasteiger partial charge in [0, 0.05) is 5.56 Å². The first-order valence-electron chi connectivity index (χ1n) is 8.07. The van der Waals surface area contributed by atoms with Gasteiger partial charge in [0.05, 0.1) is 24.1 Å². The Bertz CT molecular complexity index is 971. The van der Waals surface area contributed by atoms with Crippen LogP contribution in [0.25, 0.3) is 11.5 Å². The van der Waals surface area contributed by atoms with Crippen molar-refractivity contribution in [1.82, 2.24) is 10.2 Å². The van der Waals surface area contributed by atoms with E-state index in [1.54, 1.807) is 24.3 Å². The molecule has 0 spiro atoms. The zero-order valence-electron chi connectivity index (χ0n) is 14.8. The molecule has 3 aromatic rings. The predicted molar refractivity (Wildman–Crippen MR) is 102 cm³/mol. The maximum atomic E-state index is 12.2. The summed E-state index contributed by atoms with van der Waals surface area (Å²) in [7, 11) is 1.29. The number of nitrogens with zero attached hydrogens (tertiary/aromatic N) is 2. The summed E-state index contributed by atoms with van der Waals surface area (Å²) >= 11 is 1.12. The van der Waals surface area contributed by atoms with Crippen LogP contribution in [0.15, 0.2) is 58.2 Å². The Hall–Kier alpha value is -3.13. The number of para-hydroxylation sites is 1. The van der Waals surface area contributed by atoms with Gasteiger partial charge in [-0.1, -0.05) is 41.6 Å². The Balaban J connectivity index is 1.61. The molecule has 0 unspecified atom stereocenters. The number of carbonyl (C=O) groups is 2. The molecule has 0 aliphatic heterocycles. The minimum Gasteiger partial charge on any atom is -0.465 e. The Morgan fingerprint density at radius 3 is 2.74 bits per heavy atom. The molecule has 0 bridgehead atoms. The minimum atomic E-state index is -0.516. The van der Waals surface area contributed by atoms with E-state index in [9.17, 15) is 9.59 Å². The molecule has 0 fully saturated rings. The van der Waals surface area contributed by atoms with Crippen LogP contribution in [0.3, 0.4) is 0 Å². The summed E-state index contributed by atoms with van der Waals surface area (Å²) in [6.07, 6.45) is 0. The molecule has 3 rings (SSSR count). The number of nitrogens with one attached hydrogen (secondary N) is 1. The van der Waals surface area contributed by atoms with Crippen LogP contribution in [0.5, 0.6) is 0 Å². The lowest BCUT2D eigenvalue weighted by molar-refractivity contribution is -0.113. The smallest absolute Gasteiger partial charge is 0.339 e. The Labute approximate surface area is 160 Å². The molecular weight excluding hydrogens is 366 g/mol. The van der Waals surface area contributed by atoms with Crippen LogP contribution in [-0.4, -0.2) is 34.9 Å². The Kier molecular flexibility index (Phi) is 5.87. The summed E-state index contributed by atoms with van der Waals surface area (Å²) in [6.45, 7) is 1.98. The van der Waals surface area contributed by atoms with Gasteiger partial charge in [-0.3, -0.25) is 4.79 Å². The molecule has 0 aliphatic carbocycles. The van der Waals surface area contributed by atoms with Crippen molar-refractivity contribution in [2.45, 2.75) is 12.1 Å². The summed E-state index contributed by atoms with van der Waals surface area (Å²) in [5, 5.41) is 10.9. The van der Waals surface area contributed by atoms with E-state index in [0.29, 0.717) is 16.8 Å². The van der Waals surface area contributed by atoms with Crippen LogP contribution < -0.4 is 5.32 Å². The van der Waals surface area contributed by atoms with Crippen LogP contribution >= 0.6 is 11.8 Å². The van der Waals surface area contributed by atoms with E-state index < -0.39 is 5.97 Å². The third-order valence-corrected chi connectivity index (χ3v) is 4.42. The highest BCUT2D eigenvalue weighted by molar-refractivity contribution is 7.99. The number of hydrogen-bond acceptors (Lipinski definition) is 7. The van der Waals surface area contributed by atoms with Crippen molar-refractivity contribution in [3.63, 3.8) is 0 Å². The highest BCUT2D eigenvalue weighted by Crippen LogP contribution is 2.24. The zero-order valence-corrected chi connectivity index (χ0v) is 15.6. The Morgan fingerprint density at radius 2 is 1.96 bits per heavy atom. The van der Waals surface area contributed by atoms with Gasteiger partial charge in [0.2, 0.25) is 11.8 Å². The van der Waals surface area contributed by atoms with Crippen LogP contribution in [0, 0.1) is 6.92 Å². The molecule has 0 saturated carbocycles. The first-order chi connectivity index (χ1) is 13.1. The minimum absolute atomic E-state index is 0.0605. The van der Waals surface area contributed by atoms with Crippen LogP contribution in [0.1, 0.15) is 15.9 Å². The summed E-state index contributed by atoms with van der Waals surface area (Å²) in [5.41, 5.74) is 2.59. The lowest BCUT2D eigenvalue weighted by atomic mass is 10.1. The number of benzene rings is 2. The van der Waals surface area contributed by atoms with Crippen molar-refractivity contribution >= 4 is 29.3 Å². The largest absolute Gasteiger partial charge is 0.465 e. The summed E-state index contributed by atoms with van der Waals surface area (Å²) < 4.78 is 10.3. The van der Waals surface area contributed by atoms with Crippen LogP contribution in [-0.2, 0) is 9.53 Å².